The van der Waals surface area contributed by atoms with Crippen LogP contribution in [0.25, 0.3) is 0 Å². The quantitative estimate of drug-likeness (QED) is 0.481. The maximum absolute atomic E-state index is 12.6. The van der Waals surface area contributed by atoms with E-state index in [1.54, 1.807) is 19.1 Å². The molecule has 0 N–H and O–H groups in total. The van der Waals surface area contributed by atoms with Gasteiger partial charge in [0.2, 0.25) is 0 Å². The average Bonchev–Trinajstić information content (AvgIpc) is 2.79. The summed E-state index contributed by atoms with van der Waals surface area (Å²) in [5.41, 5.74) is 0.568. The molecule has 2 amide bonds. The van der Waals surface area contributed by atoms with Gasteiger partial charge in [-0.2, -0.15) is 5.26 Å². The maximum Gasteiger partial charge on any atom is 0.293 e. The van der Waals surface area contributed by atoms with Crippen molar-refractivity contribution in [1.29, 1.82) is 5.26 Å². The molecule has 0 bridgehead atoms. The minimum atomic E-state index is -0.688. The standard InChI is InChI=1S/C16H9N3O4/c1-9-3-2-4-11-14(9)16(21)18(15(11)20)13-7-10(8-17)5-6-12(13)19(22)23/h2-7H,1H3. The van der Waals surface area contributed by atoms with Crippen LogP contribution in [0.1, 0.15) is 31.8 Å². The third kappa shape index (κ3) is 2.05. The number of nitriles is 1. The summed E-state index contributed by atoms with van der Waals surface area (Å²) in [5.74, 6) is -1.26. The summed E-state index contributed by atoms with van der Waals surface area (Å²) in [7, 11) is 0. The van der Waals surface area contributed by atoms with Gasteiger partial charge in [-0.15, -0.1) is 0 Å². The number of anilines is 1. The zero-order valence-corrected chi connectivity index (χ0v) is 11.9. The largest absolute Gasteiger partial charge is 0.293 e. The lowest BCUT2D eigenvalue weighted by Crippen LogP contribution is -2.30. The molecule has 3 rings (SSSR count). The number of aryl methyl sites for hydroxylation is 1. The Morgan fingerprint density at radius 2 is 1.91 bits per heavy atom. The highest BCUT2D eigenvalue weighted by atomic mass is 16.6. The minimum Gasteiger partial charge on any atom is -0.268 e. The first-order valence-corrected chi connectivity index (χ1v) is 6.62. The van der Waals surface area contributed by atoms with Crippen molar-refractivity contribution in [1.82, 2.24) is 0 Å². The SMILES string of the molecule is Cc1cccc2c1C(=O)N(c1cc(C#N)ccc1[N+](=O)[O-])C2=O. The summed E-state index contributed by atoms with van der Waals surface area (Å²) < 4.78 is 0. The van der Waals surface area contributed by atoms with Gasteiger partial charge in [-0.3, -0.25) is 19.7 Å². The second-order valence-corrected chi connectivity index (χ2v) is 5.02. The summed E-state index contributed by atoms with van der Waals surface area (Å²) in [6.45, 7) is 1.69. The van der Waals surface area contributed by atoms with Gasteiger partial charge in [-0.05, 0) is 30.7 Å². The molecule has 1 aliphatic heterocycles. The Bertz CT molecular complexity index is 927. The molecular weight excluding hydrogens is 298 g/mol. The van der Waals surface area contributed by atoms with E-state index in [0.29, 0.717) is 5.56 Å². The molecule has 112 valence electrons. The molecule has 0 saturated heterocycles. The number of nitro groups is 1. The molecule has 23 heavy (non-hydrogen) atoms. The molecule has 2 aromatic rings. The second-order valence-electron chi connectivity index (χ2n) is 5.02. The number of hydrogen-bond donors (Lipinski definition) is 0. The van der Waals surface area contributed by atoms with E-state index in [1.807, 2.05) is 6.07 Å². The Morgan fingerprint density at radius 1 is 1.17 bits per heavy atom. The molecule has 2 aromatic carbocycles. The lowest BCUT2D eigenvalue weighted by atomic mass is 10.0. The zero-order valence-electron chi connectivity index (χ0n) is 11.9. The third-order valence-electron chi connectivity index (χ3n) is 3.67. The molecule has 0 radical (unpaired) electrons. The number of carbonyl (C=O) groups is 2. The number of nitro benzene ring substituents is 1. The summed E-state index contributed by atoms with van der Waals surface area (Å²) in [6, 6.07) is 10.2. The van der Waals surface area contributed by atoms with E-state index in [-0.39, 0.29) is 22.4 Å². The van der Waals surface area contributed by atoms with Gasteiger partial charge in [0.15, 0.2) is 0 Å². The number of carbonyl (C=O) groups excluding carboxylic acids is 2. The van der Waals surface area contributed by atoms with Gasteiger partial charge in [0.1, 0.15) is 5.69 Å². The van der Waals surface area contributed by atoms with E-state index < -0.39 is 22.4 Å². The van der Waals surface area contributed by atoms with Crippen molar-refractivity contribution in [2.75, 3.05) is 4.90 Å². The van der Waals surface area contributed by atoms with E-state index >= 15 is 0 Å². The predicted octanol–water partition coefficient (Wildman–Crippen LogP) is 2.58. The number of fused-ring (bicyclic) bond motifs is 1. The first kappa shape index (κ1) is 14.4. The molecular formula is C16H9N3O4. The Morgan fingerprint density at radius 3 is 2.52 bits per heavy atom. The Kier molecular flexibility index (Phi) is 3.15. The van der Waals surface area contributed by atoms with Crippen molar-refractivity contribution in [3.05, 3.63) is 68.8 Å². The van der Waals surface area contributed by atoms with Gasteiger partial charge in [-0.1, -0.05) is 12.1 Å². The topological polar surface area (TPSA) is 104 Å². The van der Waals surface area contributed by atoms with Crippen LogP contribution >= 0.6 is 0 Å². The molecule has 7 heteroatoms. The molecule has 0 saturated carbocycles. The fourth-order valence-corrected chi connectivity index (χ4v) is 2.60. The molecule has 0 unspecified atom stereocenters. The molecule has 0 atom stereocenters. The van der Waals surface area contributed by atoms with Crippen LogP contribution in [0.4, 0.5) is 11.4 Å². The van der Waals surface area contributed by atoms with Crippen molar-refractivity contribution in [3.8, 4) is 6.07 Å². The monoisotopic (exact) mass is 307 g/mol. The Balaban J connectivity index is 2.24. The minimum absolute atomic E-state index is 0.124. The van der Waals surface area contributed by atoms with Gasteiger partial charge in [0.25, 0.3) is 17.5 Å². The smallest absolute Gasteiger partial charge is 0.268 e. The van der Waals surface area contributed by atoms with Crippen molar-refractivity contribution >= 4 is 23.2 Å². The Labute approximate surface area is 130 Å². The van der Waals surface area contributed by atoms with E-state index in [4.69, 9.17) is 5.26 Å². The third-order valence-corrected chi connectivity index (χ3v) is 3.67. The van der Waals surface area contributed by atoms with Gasteiger partial charge < -0.3 is 0 Å². The van der Waals surface area contributed by atoms with Gasteiger partial charge >= 0.3 is 0 Å². The molecule has 0 aliphatic carbocycles. The van der Waals surface area contributed by atoms with Crippen LogP contribution in [0.5, 0.6) is 0 Å². The van der Waals surface area contributed by atoms with Crippen molar-refractivity contribution in [3.63, 3.8) is 0 Å². The lowest BCUT2D eigenvalue weighted by molar-refractivity contribution is -0.384. The molecule has 1 heterocycles. The number of amides is 2. The first-order chi connectivity index (χ1) is 11.0. The zero-order chi connectivity index (χ0) is 16.7. The number of rotatable bonds is 2. The van der Waals surface area contributed by atoms with Gasteiger partial charge in [0.05, 0.1) is 27.7 Å². The van der Waals surface area contributed by atoms with Crippen LogP contribution in [-0.4, -0.2) is 16.7 Å². The number of nitrogens with zero attached hydrogens (tertiary/aromatic N) is 3. The highest BCUT2D eigenvalue weighted by molar-refractivity contribution is 6.35. The molecule has 0 fully saturated rings. The number of imide groups is 1. The van der Waals surface area contributed by atoms with Crippen LogP contribution in [0.2, 0.25) is 0 Å². The summed E-state index contributed by atoms with van der Waals surface area (Å²) in [6.07, 6.45) is 0. The van der Waals surface area contributed by atoms with Gasteiger partial charge in [-0.25, -0.2) is 4.90 Å². The normalized spacial score (nSPS) is 13.0. The molecule has 7 nitrogen and oxygen atoms in total. The van der Waals surface area contributed by atoms with Crippen LogP contribution in [0.15, 0.2) is 36.4 Å². The van der Waals surface area contributed by atoms with E-state index in [0.717, 1.165) is 11.0 Å². The number of hydrogen-bond acceptors (Lipinski definition) is 5. The van der Waals surface area contributed by atoms with Crippen molar-refractivity contribution in [2.24, 2.45) is 0 Å². The van der Waals surface area contributed by atoms with Crippen molar-refractivity contribution < 1.29 is 14.5 Å². The highest BCUT2D eigenvalue weighted by Gasteiger charge is 2.40. The fourth-order valence-electron chi connectivity index (χ4n) is 2.60. The molecule has 1 aliphatic rings. The van der Waals surface area contributed by atoms with E-state index in [2.05, 4.69) is 0 Å². The number of benzene rings is 2. The fraction of sp³-hybridized carbons (Fsp3) is 0.0625. The molecule has 0 spiro atoms. The van der Waals surface area contributed by atoms with Crippen LogP contribution < -0.4 is 4.90 Å². The lowest BCUT2D eigenvalue weighted by Gasteiger charge is -2.14. The molecule has 0 aromatic heterocycles. The van der Waals surface area contributed by atoms with E-state index in [1.165, 1.54) is 18.2 Å². The first-order valence-electron chi connectivity index (χ1n) is 6.62. The van der Waals surface area contributed by atoms with Crippen LogP contribution in [0.3, 0.4) is 0 Å². The van der Waals surface area contributed by atoms with Crippen molar-refractivity contribution in [2.45, 2.75) is 6.92 Å². The predicted molar refractivity (Wildman–Crippen MR) is 80.1 cm³/mol. The second kappa shape index (κ2) is 5.03. The average molecular weight is 307 g/mol. The Hall–Kier alpha value is -3.53. The summed E-state index contributed by atoms with van der Waals surface area (Å²) in [4.78, 5) is 36.4. The van der Waals surface area contributed by atoms with E-state index in [9.17, 15) is 19.7 Å². The summed E-state index contributed by atoms with van der Waals surface area (Å²) >= 11 is 0. The maximum atomic E-state index is 12.6. The summed E-state index contributed by atoms with van der Waals surface area (Å²) in [5, 5.41) is 20.2. The van der Waals surface area contributed by atoms with Gasteiger partial charge in [0, 0.05) is 6.07 Å². The highest BCUT2D eigenvalue weighted by Crippen LogP contribution is 2.36. The van der Waals surface area contributed by atoms with Crippen LogP contribution in [0, 0.1) is 28.4 Å². The van der Waals surface area contributed by atoms with Crippen LogP contribution in [-0.2, 0) is 0 Å².